The van der Waals surface area contributed by atoms with Crippen LogP contribution in [0.5, 0.6) is 0 Å². The van der Waals surface area contributed by atoms with Crippen molar-refractivity contribution >= 4 is 21.9 Å². The van der Waals surface area contributed by atoms with Crippen LogP contribution in [-0.2, 0) is 6.54 Å². The number of H-pyrrole nitrogens is 2. The van der Waals surface area contributed by atoms with Crippen molar-refractivity contribution in [1.82, 2.24) is 35.0 Å². The molecule has 0 radical (unpaired) electrons. The zero-order valence-corrected chi connectivity index (χ0v) is 20.1. The van der Waals surface area contributed by atoms with E-state index in [9.17, 15) is 4.39 Å². The maximum Gasteiger partial charge on any atom is 0.135 e. The van der Waals surface area contributed by atoms with Crippen LogP contribution in [0.4, 0.5) is 4.39 Å². The van der Waals surface area contributed by atoms with Gasteiger partial charge in [0.25, 0.3) is 0 Å². The lowest BCUT2D eigenvalue weighted by atomic mass is 10.1. The molecule has 0 saturated carbocycles. The molecule has 1 saturated heterocycles. The molecule has 0 atom stereocenters. The summed E-state index contributed by atoms with van der Waals surface area (Å²) in [6, 6.07) is 16.7. The first-order valence-electron chi connectivity index (χ1n) is 12.5. The SMILES string of the molecule is Fc1ccccc1-c1nccc2[nH]c(-c3n[nH]c4ccc(-c5cncc(CN6CCCC6)c5)nc34)cc12. The summed E-state index contributed by atoms with van der Waals surface area (Å²) in [6.07, 6.45) is 8.01. The van der Waals surface area contributed by atoms with Crippen molar-refractivity contribution in [2.45, 2.75) is 19.4 Å². The molecule has 5 aromatic heterocycles. The second-order valence-electron chi connectivity index (χ2n) is 9.51. The Hall–Kier alpha value is -4.43. The van der Waals surface area contributed by atoms with Gasteiger partial charge in [0.05, 0.1) is 22.6 Å². The van der Waals surface area contributed by atoms with Gasteiger partial charge in [0.1, 0.15) is 17.0 Å². The Bertz CT molecular complexity index is 1750. The van der Waals surface area contributed by atoms with Crippen LogP contribution in [0.3, 0.4) is 0 Å². The van der Waals surface area contributed by atoms with Crippen molar-refractivity contribution in [3.63, 3.8) is 0 Å². The summed E-state index contributed by atoms with van der Waals surface area (Å²) in [5.74, 6) is -0.303. The molecule has 0 aliphatic carbocycles. The molecule has 182 valence electrons. The highest BCUT2D eigenvalue weighted by atomic mass is 19.1. The van der Waals surface area contributed by atoms with Crippen LogP contribution >= 0.6 is 0 Å². The topological polar surface area (TPSA) is 86.4 Å². The first kappa shape index (κ1) is 21.8. The van der Waals surface area contributed by atoms with E-state index in [4.69, 9.17) is 4.98 Å². The van der Waals surface area contributed by atoms with Crippen molar-refractivity contribution in [3.05, 3.63) is 84.6 Å². The molecule has 7 rings (SSSR count). The number of aromatic nitrogens is 6. The standard InChI is InChI=1S/C29H24FN7/c30-22-6-2-1-5-20(22)27-21-14-26(33-24(21)9-10-32-27)29-28-25(35-36-29)8-7-23(34-28)19-13-18(15-31-16-19)17-37-11-3-4-12-37/h1-2,5-10,13-16,33H,3-4,11-12,17H2,(H,35,36). The zero-order valence-electron chi connectivity index (χ0n) is 20.1. The number of aromatic amines is 2. The number of rotatable bonds is 5. The largest absolute Gasteiger partial charge is 0.353 e. The van der Waals surface area contributed by atoms with Crippen molar-refractivity contribution in [1.29, 1.82) is 0 Å². The fourth-order valence-electron chi connectivity index (χ4n) is 5.21. The van der Waals surface area contributed by atoms with E-state index in [1.54, 1.807) is 18.3 Å². The monoisotopic (exact) mass is 489 g/mol. The minimum atomic E-state index is -0.303. The van der Waals surface area contributed by atoms with Gasteiger partial charge in [-0.1, -0.05) is 12.1 Å². The van der Waals surface area contributed by atoms with Gasteiger partial charge in [0.2, 0.25) is 0 Å². The molecule has 37 heavy (non-hydrogen) atoms. The first-order chi connectivity index (χ1) is 18.2. The summed E-state index contributed by atoms with van der Waals surface area (Å²) in [6.45, 7) is 3.20. The molecule has 1 aliphatic heterocycles. The summed E-state index contributed by atoms with van der Waals surface area (Å²) in [5, 5.41) is 8.49. The summed E-state index contributed by atoms with van der Waals surface area (Å²) in [7, 11) is 0. The van der Waals surface area contributed by atoms with Crippen LogP contribution < -0.4 is 0 Å². The molecule has 0 bridgehead atoms. The fourth-order valence-corrected chi connectivity index (χ4v) is 5.21. The number of pyridine rings is 3. The van der Waals surface area contributed by atoms with E-state index in [-0.39, 0.29) is 5.82 Å². The van der Waals surface area contributed by atoms with E-state index in [1.165, 1.54) is 24.5 Å². The molecule has 0 amide bonds. The number of likely N-dealkylation sites (tertiary alicyclic amines) is 1. The predicted molar refractivity (Wildman–Crippen MR) is 142 cm³/mol. The maximum atomic E-state index is 14.6. The lowest BCUT2D eigenvalue weighted by Gasteiger charge is -2.14. The molecule has 0 unspecified atom stereocenters. The summed E-state index contributed by atoms with van der Waals surface area (Å²) >= 11 is 0. The first-order valence-corrected chi connectivity index (χ1v) is 12.5. The Morgan fingerprint density at radius 2 is 1.81 bits per heavy atom. The Balaban J connectivity index is 1.29. The molecular formula is C29H24FN7. The summed E-state index contributed by atoms with van der Waals surface area (Å²) in [5.41, 5.74) is 8.02. The Labute approximate surface area is 212 Å². The van der Waals surface area contributed by atoms with Gasteiger partial charge in [-0.2, -0.15) is 5.10 Å². The number of halogens is 1. The molecule has 7 nitrogen and oxygen atoms in total. The molecule has 1 aliphatic rings. The third kappa shape index (κ3) is 3.95. The van der Waals surface area contributed by atoms with E-state index in [2.05, 4.69) is 36.1 Å². The molecule has 8 heteroatoms. The highest BCUT2D eigenvalue weighted by Crippen LogP contribution is 2.34. The van der Waals surface area contributed by atoms with E-state index in [1.807, 2.05) is 42.7 Å². The molecule has 2 N–H and O–H groups in total. The lowest BCUT2D eigenvalue weighted by molar-refractivity contribution is 0.331. The number of fused-ring (bicyclic) bond motifs is 2. The van der Waals surface area contributed by atoms with Gasteiger partial charge in [-0.3, -0.25) is 20.0 Å². The van der Waals surface area contributed by atoms with Crippen molar-refractivity contribution < 1.29 is 4.39 Å². The second-order valence-corrected chi connectivity index (χ2v) is 9.51. The Kier molecular flexibility index (Phi) is 5.25. The van der Waals surface area contributed by atoms with Crippen molar-refractivity contribution in [2.75, 3.05) is 13.1 Å². The quantitative estimate of drug-likeness (QED) is 0.312. The average molecular weight is 490 g/mol. The van der Waals surface area contributed by atoms with Gasteiger partial charge in [0, 0.05) is 47.2 Å². The number of nitrogens with zero attached hydrogens (tertiary/aromatic N) is 5. The summed E-state index contributed by atoms with van der Waals surface area (Å²) < 4.78 is 14.6. The van der Waals surface area contributed by atoms with Crippen LogP contribution in [-0.4, -0.2) is 48.1 Å². The molecule has 0 spiro atoms. The van der Waals surface area contributed by atoms with Gasteiger partial charge in [-0.25, -0.2) is 9.37 Å². The second kappa shape index (κ2) is 8.90. The zero-order chi connectivity index (χ0) is 24.8. The minimum Gasteiger partial charge on any atom is -0.353 e. The van der Waals surface area contributed by atoms with Gasteiger partial charge >= 0.3 is 0 Å². The van der Waals surface area contributed by atoms with Crippen LogP contribution in [0, 0.1) is 5.82 Å². The van der Waals surface area contributed by atoms with Crippen molar-refractivity contribution in [2.24, 2.45) is 0 Å². The maximum absolute atomic E-state index is 14.6. The van der Waals surface area contributed by atoms with Gasteiger partial charge < -0.3 is 4.98 Å². The molecule has 6 aromatic rings. The minimum absolute atomic E-state index is 0.303. The number of benzene rings is 1. The van der Waals surface area contributed by atoms with Gasteiger partial charge in [0.15, 0.2) is 0 Å². The highest BCUT2D eigenvalue weighted by molar-refractivity contribution is 5.99. The fraction of sp³-hybridized carbons (Fsp3) is 0.172. The third-order valence-electron chi connectivity index (χ3n) is 7.04. The molecule has 1 fully saturated rings. The molecular weight excluding hydrogens is 465 g/mol. The van der Waals surface area contributed by atoms with E-state index < -0.39 is 0 Å². The van der Waals surface area contributed by atoms with Crippen LogP contribution in [0.15, 0.2) is 73.2 Å². The Morgan fingerprint density at radius 3 is 2.70 bits per heavy atom. The van der Waals surface area contributed by atoms with Crippen molar-refractivity contribution in [3.8, 4) is 33.9 Å². The van der Waals surface area contributed by atoms with Gasteiger partial charge in [-0.15, -0.1) is 0 Å². The predicted octanol–water partition coefficient (Wildman–Crippen LogP) is 5.97. The number of hydrogen-bond acceptors (Lipinski definition) is 5. The smallest absolute Gasteiger partial charge is 0.135 e. The van der Waals surface area contributed by atoms with E-state index in [0.717, 1.165) is 58.5 Å². The lowest BCUT2D eigenvalue weighted by Crippen LogP contribution is -2.18. The third-order valence-corrected chi connectivity index (χ3v) is 7.04. The Morgan fingerprint density at radius 1 is 0.919 bits per heavy atom. The van der Waals surface area contributed by atoms with Crippen LogP contribution in [0.25, 0.3) is 55.8 Å². The summed E-state index contributed by atoms with van der Waals surface area (Å²) in [4.78, 5) is 19.8. The average Bonchev–Trinajstić information content (AvgIpc) is 3.68. The molecule has 6 heterocycles. The number of hydrogen-bond donors (Lipinski definition) is 2. The number of nitrogens with one attached hydrogen (secondary N) is 2. The van der Waals surface area contributed by atoms with Gasteiger partial charge in [-0.05, 0) is 74.0 Å². The van der Waals surface area contributed by atoms with E-state index >= 15 is 0 Å². The van der Waals surface area contributed by atoms with Crippen LogP contribution in [0.2, 0.25) is 0 Å². The van der Waals surface area contributed by atoms with E-state index in [0.29, 0.717) is 17.0 Å². The normalized spacial score (nSPS) is 14.2. The highest BCUT2D eigenvalue weighted by Gasteiger charge is 2.18. The van der Waals surface area contributed by atoms with Crippen LogP contribution in [0.1, 0.15) is 18.4 Å². The molecule has 1 aromatic carbocycles.